The Hall–Kier alpha value is -4.06. The van der Waals surface area contributed by atoms with Crippen LogP contribution < -0.4 is 14.9 Å². The van der Waals surface area contributed by atoms with Crippen LogP contribution in [0.5, 0.6) is 11.5 Å². The quantitative estimate of drug-likeness (QED) is 0.413. The normalized spacial score (nSPS) is 15.0. The van der Waals surface area contributed by atoms with Gasteiger partial charge in [0, 0.05) is 6.54 Å². The number of amides is 1. The highest BCUT2D eigenvalue weighted by atomic mass is 16.5. The van der Waals surface area contributed by atoms with Crippen molar-refractivity contribution < 1.29 is 18.7 Å². The standard InChI is InChI=1S/C28H25NO5/c1-17-4-13-23-22(16-17)26(30)24-25(19-7-11-21(33-3)12-8-19)29(28(31)27(24)34-23)15-14-18-5-9-20(32-2)10-6-18/h4-13,16,25H,14-15H2,1-3H3. The van der Waals surface area contributed by atoms with Gasteiger partial charge in [0.25, 0.3) is 5.91 Å². The molecule has 1 amide bonds. The van der Waals surface area contributed by atoms with Gasteiger partial charge in [-0.1, -0.05) is 35.9 Å². The summed E-state index contributed by atoms with van der Waals surface area (Å²) in [5.41, 5.74) is 3.51. The van der Waals surface area contributed by atoms with Crippen LogP contribution in [0.3, 0.4) is 0 Å². The fourth-order valence-corrected chi connectivity index (χ4v) is 4.54. The fraction of sp³-hybridized carbons (Fsp3) is 0.214. The molecule has 1 aliphatic rings. The van der Waals surface area contributed by atoms with Gasteiger partial charge in [-0.25, -0.2) is 0 Å². The second-order valence-corrected chi connectivity index (χ2v) is 8.45. The lowest BCUT2D eigenvalue weighted by Gasteiger charge is -2.25. The van der Waals surface area contributed by atoms with E-state index in [1.54, 1.807) is 25.2 Å². The molecule has 1 aromatic heterocycles. The number of aryl methyl sites for hydroxylation is 1. The molecule has 3 aromatic carbocycles. The average molecular weight is 456 g/mol. The Morgan fingerprint density at radius 1 is 0.882 bits per heavy atom. The lowest BCUT2D eigenvalue weighted by Crippen LogP contribution is -2.31. The van der Waals surface area contributed by atoms with Crippen LogP contribution in [0, 0.1) is 6.92 Å². The average Bonchev–Trinajstić information content (AvgIpc) is 3.15. The second-order valence-electron chi connectivity index (χ2n) is 8.45. The topological polar surface area (TPSA) is 69.0 Å². The number of hydrogen-bond donors (Lipinski definition) is 0. The molecule has 6 nitrogen and oxygen atoms in total. The van der Waals surface area contributed by atoms with E-state index >= 15 is 0 Å². The van der Waals surface area contributed by atoms with Gasteiger partial charge in [0.05, 0.1) is 31.2 Å². The molecule has 1 unspecified atom stereocenters. The largest absolute Gasteiger partial charge is 0.497 e. The molecule has 0 radical (unpaired) electrons. The molecule has 0 aliphatic carbocycles. The highest BCUT2D eigenvalue weighted by Gasteiger charge is 2.42. The van der Waals surface area contributed by atoms with Crippen molar-refractivity contribution in [3.8, 4) is 11.5 Å². The Morgan fingerprint density at radius 2 is 1.53 bits per heavy atom. The number of carbonyl (C=O) groups excluding carboxylic acids is 1. The van der Waals surface area contributed by atoms with Gasteiger partial charge >= 0.3 is 0 Å². The van der Waals surface area contributed by atoms with Crippen molar-refractivity contribution in [3.05, 3.63) is 105 Å². The SMILES string of the molecule is COc1ccc(CCN2C(=O)c3oc4ccc(C)cc4c(=O)c3C2c2ccc(OC)cc2)cc1. The molecule has 0 fully saturated rings. The molecule has 1 aliphatic heterocycles. The lowest BCUT2D eigenvalue weighted by molar-refractivity contribution is 0.0730. The van der Waals surface area contributed by atoms with Crippen LogP contribution in [0.4, 0.5) is 0 Å². The molecule has 34 heavy (non-hydrogen) atoms. The number of methoxy groups -OCH3 is 2. The molecule has 0 saturated heterocycles. The predicted octanol–water partition coefficient (Wildman–Crippen LogP) is 4.91. The maximum atomic E-state index is 13.6. The third kappa shape index (κ3) is 3.71. The molecule has 6 heteroatoms. The van der Waals surface area contributed by atoms with Crippen LogP contribution in [0.2, 0.25) is 0 Å². The number of benzene rings is 3. The van der Waals surface area contributed by atoms with Crippen molar-refractivity contribution in [2.24, 2.45) is 0 Å². The van der Waals surface area contributed by atoms with E-state index in [1.165, 1.54) is 0 Å². The summed E-state index contributed by atoms with van der Waals surface area (Å²) in [6.45, 7) is 2.36. The summed E-state index contributed by atoms with van der Waals surface area (Å²) >= 11 is 0. The fourth-order valence-electron chi connectivity index (χ4n) is 4.54. The van der Waals surface area contributed by atoms with Crippen LogP contribution in [0.25, 0.3) is 11.0 Å². The molecule has 0 bridgehead atoms. The molecule has 2 heterocycles. The van der Waals surface area contributed by atoms with E-state index in [0.717, 1.165) is 22.4 Å². The monoisotopic (exact) mass is 455 g/mol. The minimum atomic E-state index is -0.534. The third-order valence-corrected chi connectivity index (χ3v) is 6.35. The van der Waals surface area contributed by atoms with Gasteiger partial charge in [0.1, 0.15) is 17.1 Å². The number of hydrogen-bond acceptors (Lipinski definition) is 5. The summed E-state index contributed by atoms with van der Waals surface area (Å²) in [5, 5.41) is 0.488. The second kappa shape index (κ2) is 8.71. The van der Waals surface area contributed by atoms with Gasteiger partial charge in [0.2, 0.25) is 5.76 Å². The van der Waals surface area contributed by atoms with Gasteiger partial charge in [-0.2, -0.15) is 0 Å². The molecule has 0 spiro atoms. The van der Waals surface area contributed by atoms with Gasteiger partial charge in [-0.15, -0.1) is 0 Å². The number of nitrogens with zero attached hydrogens (tertiary/aromatic N) is 1. The first-order valence-corrected chi connectivity index (χ1v) is 11.2. The van der Waals surface area contributed by atoms with Gasteiger partial charge in [-0.05, 0) is 60.9 Å². The van der Waals surface area contributed by atoms with E-state index in [4.69, 9.17) is 13.9 Å². The Bertz CT molecular complexity index is 1420. The maximum Gasteiger partial charge on any atom is 0.290 e. The number of rotatable bonds is 6. The van der Waals surface area contributed by atoms with E-state index in [2.05, 4.69) is 0 Å². The minimum Gasteiger partial charge on any atom is -0.497 e. The molecular formula is C28H25NO5. The summed E-state index contributed by atoms with van der Waals surface area (Å²) < 4.78 is 16.6. The Morgan fingerprint density at radius 3 is 2.18 bits per heavy atom. The zero-order valence-electron chi connectivity index (χ0n) is 19.3. The number of fused-ring (bicyclic) bond motifs is 2. The lowest BCUT2D eigenvalue weighted by atomic mass is 9.98. The molecule has 0 N–H and O–H groups in total. The number of carbonyl (C=O) groups is 1. The molecule has 5 rings (SSSR count). The zero-order chi connectivity index (χ0) is 23.8. The van der Waals surface area contributed by atoms with Crippen molar-refractivity contribution in [2.75, 3.05) is 20.8 Å². The highest BCUT2D eigenvalue weighted by molar-refractivity contribution is 5.99. The van der Waals surface area contributed by atoms with E-state index in [0.29, 0.717) is 35.2 Å². The minimum absolute atomic E-state index is 0.122. The van der Waals surface area contributed by atoms with Crippen LogP contribution in [-0.4, -0.2) is 31.6 Å². The van der Waals surface area contributed by atoms with E-state index < -0.39 is 6.04 Å². The first kappa shape index (κ1) is 21.8. The summed E-state index contributed by atoms with van der Waals surface area (Å²) in [7, 11) is 3.23. The number of ether oxygens (including phenoxy) is 2. The van der Waals surface area contributed by atoms with E-state index in [-0.39, 0.29) is 17.1 Å². The first-order chi connectivity index (χ1) is 16.5. The molecular weight excluding hydrogens is 430 g/mol. The summed E-state index contributed by atoms with van der Waals surface area (Å²) in [6, 6.07) is 20.1. The van der Waals surface area contributed by atoms with Crippen LogP contribution >= 0.6 is 0 Å². The molecule has 4 aromatic rings. The Balaban J connectivity index is 1.59. The highest BCUT2D eigenvalue weighted by Crippen LogP contribution is 2.38. The molecule has 172 valence electrons. The molecule has 1 atom stereocenters. The summed E-state index contributed by atoms with van der Waals surface area (Å²) in [6.07, 6.45) is 0.628. The van der Waals surface area contributed by atoms with Gasteiger partial charge in [-0.3, -0.25) is 9.59 Å². The van der Waals surface area contributed by atoms with Crippen LogP contribution in [-0.2, 0) is 6.42 Å². The van der Waals surface area contributed by atoms with Crippen molar-refractivity contribution >= 4 is 16.9 Å². The Kier molecular flexibility index (Phi) is 5.57. The van der Waals surface area contributed by atoms with Gasteiger partial charge in [0.15, 0.2) is 5.43 Å². The van der Waals surface area contributed by atoms with Crippen molar-refractivity contribution in [1.82, 2.24) is 4.90 Å². The third-order valence-electron chi connectivity index (χ3n) is 6.35. The van der Waals surface area contributed by atoms with Crippen LogP contribution in [0.1, 0.15) is 38.9 Å². The molecule has 0 saturated carbocycles. The van der Waals surface area contributed by atoms with Crippen molar-refractivity contribution in [1.29, 1.82) is 0 Å². The summed E-state index contributed by atoms with van der Waals surface area (Å²) in [4.78, 5) is 28.9. The predicted molar refractivity (Wildman–Crippen MR) is 130 cm³/mol. The first-order valence-electron chi connectivity index (χ1n) is 11.2. The van der Waals surface area contributed by atoms with Crippen LogP contribution in [0.15, 0.2) is 75.9 Å². The van der Waals surface area contributed by atoms with E-state index in [1.807, 2.05) is 67.6 Å². The zero-order valence-corrected chi connectivity index (χ0v) is 19.3. The smallest absolute Gasteiger partial charge is 0.290 e. The van der Waals surface area contributed by atoms with Crippen molar-refractivity contribution in [2.45, 2.75) is 19.4 Å². The Labute approximate surface area is 197 Å². The van der Waals surface area contributed by atoms with Gasteiger partial charge < -0.3 is 18.8 Å². The van der Waals surface area contributed by atoms with E-state index in [9.17, 15) is 9.59 Å². The maximum absolute atomic E-state index is 13.6. The summed E-state index contributed by atoms with van der Waals surface area (Å²) in [5.74, 6) is 1.33. The van der Waals surface area contributed by atoms with Crippen molar-refractivity contribution in [3.63, 3.8) is 0 Å².